The van der Waals surface area contributed by atoms with Gasteiger partial charge in [0.25, 0.3) is 0 Å². The lowest BCUT2D eigenvalue weighted by Crippen LogP contribution is -1.99. The summed E-state index contributed by atoms with van der Waals surface area (Å²) < 4.78 is 1.82. The van der Waals surface area contributed by atoms with Gasteiger partial charge in [-0.3, -0.25) is 0 Å². The van der Waals surface area contributed by atoms with Crippen LogP contribution in [0.1, 0.15) is 0 Å². The maximum atomic E-state index is 6.36. The molecule has 0 bridgehead atoms. The quantitative estimate of drug-likeness (QED) is 0.527. The topological polar surface area (TPSA) is 43.6 Å². The van der Waals surface area contributed by atoms with Crippen LogP contribution in [-0.2, 0) is 0 Å². The highest BCUT2D eigenvalue weighted by Crippen LogP contribution is 2.33. The molecule has 112 valence electrons. The molecule has 0 aliphatic rings. The Kier molecular flexibility index (Phi) is 3.48. The molecule has 4 aromatic rings. The fourth-order valence-electron chi connectivity index (χ4n) is 2.53. The van der Waals surface area contributed by atoms with Crippen molar-refractivity contribution in [2.24, 2.45) is 0 Å². The molecule has 2 aromatic carbocycles. The van der Waals surface area contributed by atoms with E-state index in [0.717, 1.165) is 27.8 Å². The standard InChI is InChI=1S/C17H10Cl2N4/c18-12-7-5-11(6-8-12)17-13-9-20-21-10-15(13)22-23(17)16-4-2-1-3-14(16)19/h1-10H. The number of nitrogens with zero attached hydrogens (tertiary/aromatic N) is 4. The van der Waals surface area contributed by atoms with Gasteiger partial charge in [-0.25, -0.2) is 4.68 Å². The van der Waals surface area contributed by atoms with Gasteiger partial charge in [-0.15, -0.1) is 0 Å². The smallest absolute Gasteiger partial charge is 0.115 e. The number of hydrogen-bond acceptors (Lipinski definition) is 3. The Morgan fingerprint density at radius 2 is 1.57 bits per heavy atom. The normalized spacial score (nSPS) is 11.0. The molecule has 0 N–H and O–H groups in total. The summed E-state index contributed by atoms with van der Waals surface area (Å²) in [6.45, 7) is 0. The first kappa shape index (κ1) is 14.2. The molecule has 0 radical (unpaired) electrons. The molecule has 0 aliphatic carbocycles. The average Bonchev–Trinajstić information content (AvgIpc) is 2.95. The molecule has 2 heterocycles. The van der Waals surface area contributed by atoms with Crippen LogP contribution in [0.15, 0.2) is 60.9 Å². The number of halogens is 2. The molecule has 0 fully saturated rings. The van der Waals surface area contributed by atoms with Gasteiger partial charge in [0.1, 0.15) is 5.52 Å². The van der Waals surface area contributed by atoms with Crippen LogP contribution < -0.4 is 0 Å². The summed E-state index contributed by atoms with van der Waals surface area (Å²) >= 11 is 12.4. The van der Waals surface area contributed by atoms with E-state index in [1.54, 1.807) is 12.4 Å². The van der Waals surface area contributed by atoms with Crippen molar-refractivity contribution in [3.8, 4) is 16.9 Å². The highest BCUT2D eigenvalue weighted by atomic mass is 35.5. The van der Waals surface area contributed by atoms with Crippen molar-refractivity contribution in [2.45, 2.75) is 0 Å². The maximum Gasteiger partial charge on any atom is 0.115 e. The molecule has 23 heavy (non-hydrogen) atoms. The van der Waals surface area contributed by atoms with Crippen LogP contribution in [0.25, 0.3) is 27.8 Å². The largest absolute Gasteiger partial charge is 0.230 e. The molecule has 0 saturated carbocycles. The van der Waals surface area contributed by atoms with E-state index < -0.39 is 0 Å². The van der Waals surface area contributed by atoms with Gasteiger partial charge in [0, 0.05) is 10.6 Å². The fraction of sp³-hybridized carbons (Fsp3) is 0. The lowest BCUT2D eigenvalue weighted by Gasteiger charge is -2.09. The summed E-state index contributed by atoms with van der Waals surface area (Å²) in [5, 5.41) is 14.7. The van der Waals surface area contributed by atoms with Crippen LogP contribution in [0.3, 0.4) is 0 Å². The first-order chi connectivity index (χ1) is 11.2. The van der Waals surface area contributed by atoms with Gasteiger partial charge in [0.15, 0.2) is 0 Å². The molecule has 0 aliphatic heterocycles. The van der Waals surface area contributed by atoms with Crippen LogP contribution in [0.2, 0.25) is 10.0 Å². The van der Waals surface area contributed by atoms with E-state index >= 15 is 0 Å². The van der Waals surface area contributed by atoms with E-state index in [1.165, 1.54) is 0 Å². The Balaban J connectivity index is 2.06. The van der Waals surface area contributed by atoms with Crippen LogP contribution in [0.5, 0.6) is 0 Å². The zero-order valence-electron chi connectivity index (χ0n) is 11.8. The van der Waals surface area contributed by atoms with E-state index in [1.807, 2.05) is 53.2 Å². The Morgan fingerprint density at radius 1 is 0.826 bits per heavy atom. The number of rotatable bonds is 2. The molecule has 6 heteroatoms. The number of benzene rings is 2. The van der Waals surface area contributed by atoms with Crippen LogP contribution in [-0.4, -0.2) is 20.0 Å². The second-order valence-corrected chi connectivity index (χ2v) is 5.85. The van der Waals surface area contributed by atoms with Crippen molar-refractivity contribution < 1.29 is 0 Å². The molecule has 0 atom stereocenters. The van der Waals surface area contributed by atoms with E-state index in [0.29, 0.717) is 10.0 Å². The van der Waals surface area contributed by atoms with E-state index in [9.17, 15) is 0 Å². The minimum absolute atomic E-state index is 0.622. The minimum atomic E-state index is 0.622. The highest BCUT2D eigenvalue weighted by molar-refractivity contribution is 6.32. The van der Waals surface area contributed by atoms with E-state index in [2.05, 4.69) is 15.3 Å². The van der Waals surface area contributed by atoms with Crippen molar-refractivity contribution in [3.05, 3.63) is 71.0 Å². The minimum Gasteiger partial charge on any atom is -0.230 e. The average molecular weight is 341 g/mol. The molecule has 0 saturated heterocycles. The summed E-state index contributed by atoms with van der Waals surface area (Å²) in [6, 6.07) is 15.2. The zero-order valence-corrected chi connectivity index (χ0v) is 13.3. The molecular weight excluding hydrogens is 331 g/mol. The van der Waals surface area contributed by atoms with E-state index in [-0.39, 0.29) is 0 Å². The van der Waals surface area contributed by atoms with Crippen molar-refractivity contribution in [3.63, 3.8) is 0 Å². The van der Waals surface area contributed by atoms with Crippen LogP contribution >= 0.6 is 23.2 Å². The Labute approximate surface area is 142 Å². The lowest BCUT2D eigenvalue weighted by atomic mass is 10.1. The molecular formula is C17H10Cl2N4. The van der Waals surface area contributed by atoms with E-state index in [4.69, 9.17) is 23.2 Å². The van der Waals surface area contributed by atoms with Crippen molar-refractivity contribution >= 4 is 34.1 Å². The summed E-state index contributed by atoms with van der Waals surface area (Å²) in [6.07, 6.45) is 3.35. The van der Waals surface area contributed by atoms with Gasteiger partial charge in [-0.1, -0.05) is 47.5 Å². The lowest BCUT2D eigenvalue weighted by molar-refractivity contribution is 0.902. The number of para-hydroxylation sites is 1. The first-order valence-corrected chi connectivity index (χ1v) is 7.70. The predicted molar refractivity (Wildman–Crippen MR) is 92.1 cm³/mol. The second-order valence-electron chi connectivity index (χ2n) is 5.01. The molecule has 0 spiro atoms. The van der Waals surface area contributed by atoms with Crippen molar-refractivity contribution in [1.82, 2.24) is 20.0 Å². The second kappa shape index (κ2) is 5.65. The zero-order chi connectivity index (χ0) is 15.8. The Morgan fingerprint density at radius 3 is 2.35 bits per heavy atom. The monoisotopic (exact) mass is 340 g/mol. The molecule has 4 nitrogen and oxygen atoms in total. The van der Waals surface area contributed by atoms with Gasteiger partial charge in [0.2, 0.25) is 0 Å². The first-order valence-electron chi connectivity index (χ1n) is 6.94. The van der Waals surface area contributed by atoms with Crippen LogP contribution in [0.4, 0.5) is 0 Å². The molecule has 0 unspecified atom stereocenters. The molecule has 4 rings (SSSR count). The van der Waals surface area contributed by atoms with Crippen LogP contribution in [0, 0.1) is 0 Å². The summed E-state index contributed by atoms with van der Waals surface area (Å²) in [5.74, 6) is 0. The third-order valence-corrected chi connectivity index (χ3v) is 4.15. The summed E-state index contributed by atoms with van der Waals surface area (Å²) in [7, 11) is 0. The number of aromatic nitrogens is 4. The van der Waals surface area contributed by atoms with Gasteiger partial charge in [0.05, 0.1) is 34.2 Å². The van der Waals surface area contributed by atoms with Gasteiger partial charge < -0.3 is 0 Å². The fourth-order valence-corrected chi connectivity index (χ4v) is 2.87. The third-order valence-electron chi connectivity index (χ3n) is 3.58. The SMILES string of the molecule is Clc1ccc(-c2c3cnncc3nn2-c2ccccc2Cl)cc1. The Hall–Kier alpha value is -2.43. The number of hydrogen-bond donors (Lipinski definition) is 0. The van der Waals surface area contributed by atoms with Gasteiger partial charge in [-0.05, 0) is 24.3 Å². The van der Waals surface area contributed by atoms with Gasteiger partial charge >= 0.3 is 0 Å². The molecule has 0 amide bonds. The number of fused-ring (bicyclic) bond motifs is 1. The van der Waals surface area contributed by atoms with Gasteiger partial charge in [-0.2, -0.15) is 15.3 Å². The summed E-state index contributed by atoms with van der Waals surface area (Å²) in [5.41, 5.74) is 3.43. The maximum absolute atomic E-state index is 6.36. The highest BCUT2D eigenvalue weighted by Gasteiger charge is 2.16. The predicted octanol–water partition coefficient (Wildman–Crippen LogP) is 4.79. The van der Waals surface area contributed by atoms with Crippen molar-refractivity contribution in [1.29, 1.82) is 0 Å². The van der Waals surface area contributed by atoms with Crippen molar-refractivity contribution in [2.75, 3.05) is 0 Å². The summed E-state index contributed by atoms with van der Waals surface area (Å²) in [4.78, 5) is 0. The third kappa shape index (κ3) is 2.46. The Bertz CT molecular complexity index is 993. The molecule has 2 aromatic heterocycles.